The molecule has 0 saturated heterocycles. The highest BCUT2D eigenvalue weighted by Crippen LogP contribution is 2.07. The maximum atomic E-state index is 11.4. The van der Waals surface area contributed by atoms with E-state index >= 15 is 0 Å². The van der Waals surface area contributed by atoms with Crippen LogP contribution in [-0.2, 0) is 16.1 Å². The third kappa shape index (κ3) is 7.98. The number of aliphatic carboxylic acids is 1. The molecule has 5 nitrogen and oxygen atoms in total. The van der Waals surface area contributed by atoms with Crippen molar-refractivity contribution in [2.24, 2.45) is 0 Å². The smallest absolute Gasteiger partial charge is 0.407 e. The van der Waals surface area contributed by atoms with Gasteiger partial charge in [-0.05, 0) is 53.1 Å². The van der Waals surface area contributed by atoms with Gasteiger partial charge in [0.25, 0.3) is 0 Å². The number of rotatable bonds is 8. The predicted octanol–water partition coefficient (Wildman–Crippen LogP) is 3.16. The molecule has 0 aliphatic carbocycles. The summed E-state index contributed by atoms with van der Waals surface area (Å²) in [5.41, 5.74) is 0.946. The van der Waals surface area contributed by atoms with Crippen molar-refractivity contribution in [1.29, 1.82) is 0 Å². The van der Waals surface area contributed by atoms with Crippen LogP contribution in [0.2, 0.25) is 0 Å². The van der Waals surface area contributed by atoms with Gasteiger partial charge in [0, 0.05) is 16.5 Å². The van der Waals surface area contributed by atoms with Crippen molar-refractivity contribution in [1.82, 2.24) is 5.32 Å². The molecule has 0 atom stereocenters. The number of hydrogen-bond acceptors (Lipinski definition) is 3. The number of hydrogen-bond donors (Lipinski definition) is 2. The zero-order chi connectivity index (χ0) is 14.8. The molecular formula is C14H18INO4. The van der Waals surface area contributed by atoms with E-state index in [4.69, 9.17) is 9.84 Å². The monoisotopic (exact) mass is 391 g/mol. The van der Waals surface area contributed by atoms with Crippen LogP contribution in [0.25, 0.3) is 0 Å². The summed E-state index contributed by atoms with van der Waals surface area (Å²) in [6.45, 7) is 0.757. The van der Waals surface area contributed by atoms with Gasteiger partial charge in [-0.15, -0.1) is 0 Å². The molecule has 6 heteroatoms. The van der Waals surface area contributed by atoms with Gasteiger partial charge in [-0.3, -0.25) is 4.79 Å². The zero-order valence-electron chi connectivity index (χ0n) is 11.1. The number of ether oxygens (including phenoxy) is 1. The first kappa shape index (κ1) is 16.7. The van der Waals surface area contributed by atoms with Gasteiger partial charge in [0.2, 0.25) is 0 Å². The Bertz CT molecular complexity index is 433. The lowest BCUT2D eigenvalue weighted by atomic mass is 10.2. The van der Waals surface area contributed by atoms with Crippen molar-refractivity contribution in [3.05, 3.63) is 33.4 Å². The van der Waals surface area contributed by atoms with Crippen LogP contribution in [0, 0.1) is 3.57 Å². The molecule has 1 amide bonds. The van der Waals surface area contributed by atoms with Gasteiger partial charge in [0.05, 0.1) is 0 Å². The first-order valence-electron chi connectivity index (χ1n) is 6.45. The van der Waals surface area contributed by atoms with E-state index in [1.807, 2.05) is 24.3 Å². The fraction of sp³-hybridized carbons (Fsp3) is 0.429. The van der Waals surface area contributed by atoms with Crippen LogP contribution in [0.1, 0.15) is 31.2 Å². The lowest BCUT2D eigenvalue weighted by molar-refractivity contribution is -0.137. The van der Waals surface area contributed by atoms with Gasteiger partial charge in [-0.2, -0.15) is 0 Å². The molecule has 1 aromatic carbocycles. The molecule has 0 saturated carbocycles. The van der Waals surface area contributed by atoms with Crippen LogP contribution in [0.3, 0.4) is 0 Å². The number of benzene rings is 1. The number of amides is 1. The van der Waals surface area contributed by atoms with Crippen LogP contribution in [-0.4, -0.2) is 23.7 Å². The fourth-order valence-corrected chi connectivity index (χ4v) is 1.91. The Morgan fingerprint density at radius 1 is 1.15 bits per heavy atom. The molecule has 1 aromatic rings. The van der Waals surface area contributed by atoms with Gasteiger partial charge in [-0.25, -0.2) is 4.79 Å². The number of unbranched alkanes of at least 4 members (excludes halogenated alkanes) is 2. The third-order valence-corrected chi connectivity index (χ3v) is 3.34. The van der Waals surface area contributed by atoms with E-state index in [0.29, 0.717) is 13.0 Å². The van der Waals surface area contributed by atoms with Crippen molar-refractivity contribution in [2.45, 2.75) is 32.3 Å². The van der Waals surface area contributed by atoms with E-state index in [2.05, 4.69) is 27.9 Å². The molecule has 0 radical (unpaired) electrons. The Morgan fingerprint density at radius 3 is 2.50 bits per heavy atom. The quantitative estimate of drug-likeness (QED) is 0.527. The van der Waals surface area contributed by atoms with E-state index in [9.17, 15) is 9.59 Å². The van der Waals surface area contributed by atoms with Gasteiger partial charge in [0.15, 0.2) is 0 Å². The number of nitrogens with one attached hydrogen (secondary N) is 1. The topological polar surface area (TPSA) is 75.6 Å². The first-order chi connectivity index (χ1) is 9.58. The van der Waals surface area contributed by atoms with Crippen molar-refractivity contribution in [3.63, 3.8) is 0 Å². The minimum absolute atomic E-state index is 0.178. The van der Waals surface area contributed by atoms with Crippen LogP contribution < -0.4 is 5.32 Å². The van der Waals surface area contributed by atoms with Crippen molar-refractivity contribution in [2.75, 3.05) is 6.54 Å². The minimum Gasteiger partial charge on any atom is -0.481 e. The van der Waals surface area contributed by atoms with Crippen LogP contribution in [0.5, 0.6) is 0 Å². The number of carboxylic acid groups (broad SMARTS) is 1. The number of halogens is 1. The van der Waals surface area contributed by atoms with E-state index in [-0.39, 0.29) is 13.0 Å². The second-order valence-electron chi connectivity index (χ2n) is 4.33. The lowest BCUT2D eigenvalue weighted by Crippen LogP contribution is -2.25. The summed E-state index contributed by atoms with van der Waals surface area (Å²) in [5, 5.41) is 11.1. The largest absolute Gasteiger partial charge is 0.481 e. The molecular weight excluding hydrogens is 373 g/mol. The molecule has 2 N–H and O–H groups in total. The Hall–Kier alpha value is -1.31. The van der Waals surface area contributed by atoms with E-state index < -0.39 is 12.1 Å². The molecule has 0 fully saturated rings. The summed E-state index contributed by atoms with van der Waals surface area (Å²) in [6, 6.07) is 7.75. The summed E-state index contributed by atoms with van der Waals surface area (Å²) in [7, 11) is 0. The summed E-state index contributed by atoms with van der Waals surface area (Å²) in [4.78, 5) is 21.7. The molecule has 20 heavy (non-hydrogen) atoms. The molecule has 0 aromatic heterocycles. The normalized spacial score (nSPS) is 10.1. The molecule has 1 rings (SSSR count). The average molecular weight is 391 g/mol. The minimum atomic E-state index is -0.783. The molecule has 0 unspecified atom stereocenters. The maximum absolute atomic E-state index is 11.4. The van der Waals surface area contributed by atoms with Crippen LogP contribution in [0.4, 0.5) is 4.79 Å². The highest BCUT2D eigenvalue weighted by atomic mass is 127. The third-order valence-electron chi connectivity index (χ3n) is 2.62. The number of alkyl carbamates (subject to hydrolysis) is 1. The van der Waals surface area contributed by atoms with Gasteiger partial charge >= 0.3 is 12.1 Å². The summed E-state index contributed by atoms with van der Waals surface area (Å²) >= 11 is 2.21. The lowest BCUT2D eigenvalue weighted by Gasteiger charge is -2.07. The highest BCUT2D eigenvalue weighted by molar-refractivity contribution is 14.1. The highest BCUT2D eigenvalue weighted by Gasteiger charge is 2.02. The molecule has 0 aliphatic heterocycles. The van der Waals surface area contributed by atoms with E-state index in [1.165, 1.54) is 0 Å². The summed E-state index contributed by atoms with van der Waals surface area (Å²) < 4.78 is 6.20. The van der Waals surface area contributed by atoms with Crippen molar-refractivity contribution in [3.8, 4) is 0 Å². The Morgan fingerprint density at radius 2 is 1.85 bits per heavy atom. The average Bonchev–Trinajstić information content (AvgIpc) is 2.41. The van der Waals surface area contributed by atoms with Crippen molar-refractivity contribution < 1.29 is 19.4 Å². The fourth-order valence-electron chi connectivity index (χ4n) is 1.55. The standard InChI is InChI=1S/C14H18INO4/c15-12-7-5-11(6-8-12)10-20-14(19)16-9-3-1-2-4-13(17)18/h5-8H,1-4,9-10H2,(H,16,19)(H,17,18). The van der Waals surface area contributed by atoms with Crippen molar-refractivity contribution >= 4 is 34.7 Å². The van der Waals surface area contributed by atoms with Crippen LogP contribution >= 0.6 is 22.6 Å². The Kier molecular flexibility index (Phi) is 8.01. The summed E-state index contributed by atoms with van der Waals surface area (Å²) in [5.74, 6) is -0.783. The van der Waals surface area contributed by atoms with Gasteiger partial charge in [0.1, 0.15) is 6.61 Å². The van der Waals surface area contributed by atoms with E-state index in [0.717, 1.165) is 22.0 Å². The number of carbonyl (C=O) groups is 2. The molecule has 0 bridgehead atoms. The zero-order valence-corrected chi connectivity index (χ0v) is 13.3. The number of carbonyl (C=O) groups excluding carboxylic acids is 1. The summed E-state index contributed by atoms with van der Waals surface area (Å²) in [6.07, 6.45) is 1.91. The molecule has 0 spiro atoms. The molecule has 0 aliphatic rings. The van der Waals surface area contributed by atoms with E-state index in [1.54, 1.807) is 0 Å². The second-order valence-corrected chi connectivity index (χ2v) is 5.58. The molecule has 0 heterocycles. The van der Waals surface area contributed by atoms with Gasteiger partial charge in [-0.1, -0.05) is 18.6 Å². The SMILES string of the molecule is O=C(O)CCCCCNC(=O)OCc1ccc(I)cc1. The number of carboxylic acids is 1. The Labute approximate surface area is 131 Å². The van der Waals surface area contributed by atoms with Crippen LogP contribution in [0.15, 0.2) is 24.3 Å². The molecule has 110 valence electrons. The maximum Gasteiger partial charge on any atom is 0.407 e. The Balaban J connectivity index is 2.06. The second kappa shape index (κ2) is 9.57. The predicted molar refractivity (Wildman–Crippen MR) is 83.5 cm³/mol. The van der Waals surface area contributed by atoms with Gasteiger partial charge < -0.3 is 15.2 Å². The first-order valence-corrected chi connectivity index (χ1v) is 7.52.